The van der Waals surface area contributed by atoms with Crippen LogP contribution >= 0.6 is 0 Å². The number of nitrogens with two attached hydrogens (primary N) is 1. The van der Waals surface area contributed by atoms with E-state index in [1.807, 2.05) is 0 Å². The third-order valence-corrected chi connectivity index (χ3v) is 1.92. The molecule has 4 N–H and O–H groups in total. The van der Waals surface area contributed by atoms with Crippen molar-refractivity contribution in [2.75, 3.05) is 11.9 Å². The molecule has 8 heteroatoms. The molecule has 0 aliphatic rings. The van der Waals surface area contributed by atoms with Crippen LogP contribution in [0.2, 0.25) is 0 Å². The van der Waals surface area contributed by atoms with E-state index in [1.165, 1.54) is 12.1 Å². The molecule has 0 radical (unpaired) electrons. The zero-order valence-electron chi connectivity index (χ0n) is 9.07. The lowest BCUT2D eigenvalue weighted by Gasteiger charge is -2.11. The van der Waals surface area contributed by atoms with E-state index in [1.54, 1.807) is 0 Å². The first-order chi connectivity index (χ1) is 8.28. The summed E-state index contributed by atoms with van der Waals surface area (Å²) in [5, 5.41) is 11.7. The summed E-state index contributed by atoms with van der Waals surface area (Å²) in [6.07, 6.45) is -6.10. The number of aliphatic hydroxyl groups is 1. The number of benzene rings is 1. The largest absolute Gasteiger partial charge is 0.573 e. The first-order valence-corrected chi connectivity index (χ1v) is 4.85. The highest BCUT2D eigenvalue weighted by Gasteiger charge is 2.30. The molecule has 0 heterocycles. The van der Waals surface area contributed by atoms with Crippen LogP contribution in [0.1, 0.15) is 0 Å². The van der Waals surface area contributed by atoms with Gasteiger partial charge >= 0.3 is 6.36 Å². The second kappa shape index (κ2) is 5.58. The predicted octanol–water partition coefficient (Wildman–Crippen LogP) is 0.843. The number of nitrogens with one attached hydrogen (secondary N) is 1. The average Bonchev–Trinajstić information content (AvgIpc) is 2.25. The van der Waals surface area contributed by atoms with Gasteiger partial charge in [0.15, 0.2) is 0 Å². The molecule has 0 aliphatic carbocycles. The van der Waals surface area contributed by atoms with Gasteiger partial charge < -0.3 is 20.9 Å². The zero-order valence-corrected chi connectivity index (χ0v) is 9.07. The SMILES string of the molecule is NC(=O)[C@H](O)CNc1ccc(OC(F)(F)F)cc1. The summed E-state index contributed by atoms with van der Waals surface area (Å²) in [7, 11) is 0. The number of amides is 1. The van der Waals surface area contributed by atoms with E-state index in [-0.39, 0.29) is 12.3 Å². The fourth-order valence-electron chi connectivity index (χ4n) is 1.09. The molecule has 1 amide bonds. The number of hydrogen-bond acceptors (Lipinski definition) is 4. The van der Waals surface area contributed by atoms with Crippen molar-refractivity contribution in [2.24, 2.45) is 5.73 Å². The molecule has 0 saturated carbocycles. The Kier molecular flexibility index (Phi) is 4.38. The first-order valence-electron chi connectivity index (χ1n) is 4.85. The monoisotopic (exact) mass is 264 g/mol. The molecule has 0 bridgehead atoms. The molecule has 0 fully saturated rings. The molecule has 5 nitrogen and oxygen atoms in total. The maximum Gasteiger partial charge on any atom is 0.573 e. The van der Waals surface area contributed by atoms with Gasteiger partial charge in [-0.2, -0.15) is 0 Å². The number of alkyl halides is 3. The van der Waals surface area contributed by atoms with Gasteiger partial charge in [0.05, 0.1) is 0 Å². The van der Waals surface area contributed by atoms with E-state index in [4.69, 9.17) is 10.8 Å². The van der Waals surface area contributed by atoms with Crippen molar-refractivity contribution in [2.45, 2.75) is 12.5 Å². The van der Waals surface area contributed by atoms with Crippen molar-refractivity contribution in [3.63, 3.8) is 0 Å². The predicted molar refractivity (Wildman–Crippen MR) is 56.8 cm³/mol. The van der Waals surface area contributed by atoms with Gasteiger partial charge in [-0.3, -0.25) is 4.79 Å². The van der Waals surface area contributed by atoms with Crippen molar-refractivity contribution in [1.82, 2.24) is 0 Å². The third-order valence-electron chi connectivity index (χ3n) is 1.92. The minimum atomic E-state index is -4.74. The standard InChI is InChI=1S/C10H11F3N2O3/c11-10(12,13)18-7-3-1-6(2-4-7)15-5-8(16)9(14)17/h1-4,8,15-16H,5H2,(H2,14,17)/t8-/m1/s1. The van der Waals surface area contributed by atoms with Crippen LogP contribution in [-0.2, 0) is 4.79 Å². The first kappa shape index (κ1) is 14.1. The Morgan fingerprint density at radius 3 is 2.39 bits per heavy atom. The molecule has 100 valence electrons. The van der Waals surface area contributed by atoms with Crippen molar-refractivity contribution in [3.05, 3.63) is 24.3 Å². The summed E-state index contributed by atoms with van der Waals surface area (Å²) in [5.74, 6) is -1.25. The fraction of sp³-hybridized carbons (Fsp3) is 0.300. The van der Waals surface area contributed by atoms with Gasteiger partial charge in [-0.25, -0.2) is 0 Å². The van der Waals surface area contributed by atoms with Crippen LogP contribution in [0.4, 0.5) is 18.9 Å². The molecule has 1 aromatic carbocycles. The highest BCUT2D eigenvalue weighted by molar-refractivity contribution is 5.79. The zero-order chi connectivity index (χ0) is 13.8. The number of primary amides is 1. The Hall–Kier alpha value is -1.96. The van der Waals surface area contributed by atoms with Gasteiger partial charge in [0, 0.05) is 12.2 Å². The van der Waals surface area contributed by atoms with Crippen molar-refractivity contribution in [3.8, 4) is 5.75 Å². The van der Waals surface area contributed by atoms with Crippen molar-refractivity contribution < 1.29 is 27.8 Å². The molecule has 0 spiro atoms. The Morgan fingerprint density at radius 2 is 1.94 bits per heavy atom. The number of carbonyl (C=O) groups is 1. The summed E-state index contributed by atoms with van der Waals surface area (Å²) in [5.41, 5.74) is 5.24. The topological polar surface area (TPSA) is 84.6 Å². The summed E-state index contributed by atoms with van der Waals surface area (Å²) in [4.78, 5) is 10.5. The molecule has 1 rings (SSSR count). The molecule has 0 aromatic heterocycles. The van der Waals surface area contributed by atoms with Crippen LogP contribution in [0, 0.1) is 0 Å². The second-order valence-corrected chi connectivity index (χ2v) is 3.37. The Bertz CT molecular complexity index is 406. The number of aliphatic hydroxyl groups excluding tert-OH is 1. The van der Waals surface area contributed by atoms with E-state index in [9.17, 15) is 18.0 Å². The van der Waals surface area contributed by atoms with E-state index >= 15 is 0 Å². The average molecular weight is 264 g/mol. The molecule has 1 aromatic rings. The molecule has 18 heavy (non-hydrogen) atoms. The van der Waals surface area contributed by atoms with Gasteiger partial charge in [0.2, 0.25) is 5.91 Å². The summed E-state index contributed by atoms with van der Waals surface area (Å²) in [6.45, 7) is -0.130. The van der Waals surface area contributed by atoms with Crippen LogP contribution in [0.3, 0.4) is 0 Å². The summed E-state index contributed by atoms with van der Waals surface area (Å²) in [6, 6.07) is 4.84. The molecule has 0 aliphatic heterocycles. The van der Waals surface area contributed by atoms with Crippen molar-refractivity contribution >= 4 is 11.6 Å². The number of hydrogen-bond donors (Lipinski definition) is 3. The minimum absolute atomic E-state index is 0.130. The molecule has 1 atom stereocenters. The normalized spacial score (nSPS) is 12.9. The lowest BCUT2D eigenvalue weighted by molar-refractivity contribution is -0.274. The van der Waals surface area contributed by atoms with Gasteiger partial charge in [-0.1, -0.05) is 0 Å². The quantitative estimate of drug-likeness (QED) is 0.735. The smallest absolute Gasteiger partial charge is 0.406 e. The maximum absolute atomic E-state index is 11.9. The van der Waals surface area contributed by atoms with Gasteiger partial charge in [-0.15, -0.1) is 13.2 Å². The Balaban J connectivity index is 2.53. The van der Waals surface area contributed by atoms with Gasteiger partial charge in [0.1, 0.15) is 11.9 Å². The van der Waals surface area contributed by atoms with Crippen LogP contribution in [-0.4, -0.2) is 30.0 Å². The number of anilines is 1. The number of ether oxygens (including phenoxy) is 1. The number of carbonyl (C=O) groups excluding carboxylic acids is 1. The van der Waals surface area contributed by atoms with Crippen molar-refractivity contribution in [1.29, 1.82) is 0 Å². The van der Waals surface area contributed by atoms with Gasteiger partial charge in [0.25, 0.3) is 0 Å². The van der Waals surface area contributed by atoms with Crippen LogP contribution < -0.4 is 15.8 Å². The molecule has 0 unspecified atom stereocenters. The molecular formula is C10H11F3N2O3. The van der Waals surface area contributed by atoms with Crippen LogP contribution in [0.5, 0.6) is 5.75 Å². The maximum atomic E-state index is 11.9. The minimum Gasteiger partial charge on any atom is -0.406 e. The van der Waals surface area contributed by atoms with E-state index in [0.717, 1.165) is 12.1 Å². The highest BCUT2D eigenvalue weighted by atomic mass is 19.4. The van der Waals surface area contributed by atoms with Crippen LogP contribution in [0.25, 0.3) is 0 Å². The second-order valence-electron chi connectivity index (χ2n) is 3.37. The van der Waals surface area contributed by atoms with Crippen LogP contribution in [0.15, 0.2) is 24.3 Å². The highest BCUT2D eigenvalue weighted by Crippen LogP contribution is 2.23. The molecular weight excluding hydrogens is 253 g/mol. The Morgan fingerprint density at radius 1 is 1.39 bits per heavy atom. The van der Waals surface area contributed by atoms with Gasteiger partial charge in [-0.05, 0) is 24.3 Å². The summed E-state index contributed by atoms with van der Waals surface area (Å²) < 4.78 is 39.3. The summed E-state index contributed by atoms with van der Waals surface area (Å²) >= 11 is 0. The van der Waals surface area contributed by atoms with E-state index in [2.05, 4.69) is 10.1 Å². The van der Waals surface area contributed by atoms with E-state index < -0.39 is 18.4 Å². The number of rotatable bonds is 5. The lowest BCUT2D eigenvalue weighted by Crippen LogP contribution is -2.34. The lowest BCUT2D eigenvalue weighted by atomic mass is 10.3. The third kappa shape index (κ3) is 4.91. The number of halogens is 3. The van der Waals surface area contributed by atoms with E-state index in [0.29, 0.717) is 5.69 Å². The Labute approximate surface area is 100 Å². The fourth-order valence-corrected chi connectivity index (χ4v) is 1.09. The molecule has 0 saturated heterocycles.